The summed E-state index contributed by atoms with van der Waals surface area (Å²) in [5.41, 5.74) is 4.77. The maximum absolute atomic E-state index is 11.8. The molecule has 0 aromatic rings. The molecule has 0 fully saturated rings. The zero-order chi connectivity index (χ0) is 17.3. The van der Waals surface area contributed by atoms with Crippen molar-refractivity contribution < 1.29 is 23.9 Å². The number of carbonyl (C=O) groups excluding carboxylic acids is 3. The van der Waals surface area contributed by atoms with Crippen LogP contribution in [0.2, 0.25) is 0 Å². The molecule has 7 heteroatoms. The Kier molecular flexibility index (Phi) is 8.70. The molecule has 0 unspecified atom stereocenters. The smallest absolute Gasteiger partial charge is 0.408 e. The third-order valence-electron chi connectivity index (χ3n) is 3.03. The molecule has 0 saturated carbocycles. The van der Waals surface area contributed by atoms with Crippen molar-refractivity contribution in [3.05, 3.63) is 0 Å². The molecule has 0 aromatic heterocycles. The van der Waals surface area contributed by atoms with E-state index >= 15 is 0 Å². The van der Waals surface area contributed by atoms with Crippen LogP contribution in [0.3, 0.4) is 0 Å². The van der Waals surface area contributed by atoms with Crippen molar-refractivity contribution in [1.29, 1.82) is 0 Å². The molecule has 0 aromatic carbocycles. The highest BCUT2D eigenvalue weighted by molar-refractivity contribution is 5.83. The van der Waals surface area contributed by atoms with Crippen LogP contribution in [0.5, 0.6) is 0 Å². The molecule has 0 heterocycles. The molecule has 3 N–H and O–H groups in total. The van der Waals surface area contributed by atoms with Crippen molar-refractivity contribution >= 4 is 17.8 Å². The number of hydrogen-bond donors (Lipinski definition) is 2. The minimum Gasteiger partial charge on any atom is -0.467 e. The van der Waals surface area contributed by atoms with Gasteiger partial charge in [0.05, 0.1) is 7.11 Å². The van der Waals surface area contributed by atoms with Crippen molar-refractivity contribution in [2.24, 2.45) is 11.7 Å². The van der Waals surface area contributed by atoms with Gasteiger partial charge in [0.1, 0.15) is 17.4 Å². The van der Waals surface area contributed by atoms with Gasteiger partial charge in [0.15, 0.2) is 0 Å². The Morgan fingerprint density at radius 2 is 1.82 bits per heavy atom. The average Bonchev–Trinajstić information content (AvgIpc) is 2.38. The van der Waals surface area contributed by atoms with Crippen LogP contribution in [0.4, 0.5) is 4.79 Å². The van der Waals surface area contributed by atoms with Crippen molar-refractivity contribution in [2.45, 2.75) is 58.6 Å². The van der Waals surface area contributed by atoms with Gasteiger partial charge < -0.3 is 20.5 Å². The molecule has 7 nitrogen and oxygen atoms in total. The lowest BCUT2D eigenvalue weighted by Crippen LogP contribution is -2.45. The van der Waals surface area contributed by atoms with Crippen molar-refractivity contribution in [3.63, 3.8) is 0 Å². The predicted octanol–water partition coefficient (Wildman–Crippen LogP) is 1.39. The second-order valence-corrected chi connectivity index (χ2v) is 6.20. The number of ketones is 1. The van der Waals surface area contributed by atoms with Crippen LogP contribution in [-0.4, -0.2) is 43.1 Å². The first-order valence-electron chi connectivity index (χ1n) is 7.38. The molecule has 0 aliphatic rings. The van der Waals surface area contributed by atoms with Gasteiger partial charge in [-0.3, -0.25) is 4.79 Å². The fourth-order valence-corrected chi connectivity index (χ4v) is 1.94. The minimum absolute atomic E-state index is 0.0478. The van der Waals surface area contributed by atoms with Gasteiger partial charge in [0.2, 0.25) is 0 Å². The first-order valence-corrected chi connectivity index (χ1v) is 7.38. The first kappa shape index (κ1) is 20.4. The number of ether oxygens (including phenoxy) is 2. The standard InChI is InChI=1S/C15H28N2O5/c1-10(18)11(7-6-8-16)9-12(13(19)21-5)17-14(20)22-15(2,3)4/h11-12H,6-9,16H2,1-5H3,(H,17,20)/t11-,12-/m0/s1. The number of carbonyl (C=O) groups is 3. The van der Waals surface area contributed by atoms with E-state index in [0.717, 1.165) is 0 Å². The largest absolute Gasteiger partial charge is 0.467 e. The van der Waals surface area contributed by atoms with E-state index in [1.165, 1.54) is 14.0 Å². The van der Waals surface area contributed by atoms with Gasteiger partial charge >= 0.3 is 12.1 Å². The lowest BCUT2D eigenvalue weighted by molar-refractivity contribution is -0.143. The minimum atomic E-state index is -0.925. The number of hydrogen-bond acceptors (Lipinski definition) is 6. The second kappa shape index (κ2) is 9.40. The average molecular weight is 316 g/mol. The second-order valence-electron chi connectivity index (χ2n) is 6.20. The molecule has 0 rings (SSSR count). The Morgan fingerprint density at radius 3 is 2.23 bits per heavy atom. The van der Waals surface area contributed by atoms with Crippen LogP contribution in [0, 0.1) is 5.92 Å². The molecule has 0 aliphatic carbocycles. The third-order valence-corrected chi connectivity index (χ3v) is 3.03. The van der Waals surface area contributed by atoms with Crippen LogP contribution in [-0.2, 0) is 19.1 Å². The van der Waals surface area contributed by atoms with E-state index in [-0.39, 0.29) is 18.1 Å². The third kappa shape index (κ3) is 8.61. The summed E-state index contributed by atoms with van der Waals surface area (Å²) >= 11 is 0. The van der Waals surface area contributed by atoms with E-state index in [2.05, 4.69) is 10.1 Å². The zero-order valence-electron chi connectivity index (χ0n) is 14.1. The summed E-state index contributed by atoms with van der Waals surface area (Å²) in [5, 5.41) is 2.47. The molecule has 0 aliphatic heterocycles. The van der Waals surface area contributed by atoms with Gasteiger partial charge in [-0.25, -0.2) is 9.59 Å². The Hall–Kier alpha value is -1.63. The Morgan fingerprint density at radius 1 is 1.23 bits per heavy atom. The topological polar surface area (TPSA) is 108 Å². The Labute approximate surface area is 131 Å². The van der Waals surface area contributed by atoms with Crippen molar-refractivity contribution in [1.82, 2.24) is 5.32 Å². The number of nitrogens with one attached hydrogen (secondary N) is 1. The van der Waals surface area contributed by atoms with Gasteiger partial charge in [0.25, 0.3) is 0 Å². The van der Waals surface area contributed by atoms with Gasteiger partial charge in [-0.1, -0.05) is 0 Å². The highest BCUT2D eigenvalue weighted by Gasteiger charge is 2.29. The van der Waals surface area contributed by atoms with Gasteiger partial charge in [0, 0.05) is 5.92 Å². The van der Waals surface area contributed by atoms with Crippen LogP contribution < -0.4 is 11.1 Å². The van der Waals surface area contributed by atoms with Crippen LogP contribution >= 0.6 is 0 Å². The highest BCUT2D eigenvalue weighted by Crippen LogP contribution is 2.16. The molecule has 2 atom stereocenters. The summed E-state index contributed by atoms with van der Waals surface area (Å²) in [4.78, 5) is 35.3. The number of nitrogens with two attached hydrogens (primary N) is 1. The molecular formula is C15H28N2O5. The summed E-state index contributed by atoms with van der Waals surface area (Å²) < 4.78 is 9.81. The molecule has 0 bridgehead atoms. The Bertz CT molecular complexity index is 390. The summed E-state index contributed by atoms with van der Waals surface area (Å²) in [6, 6.07) is -0.925. The fraction of sp³-hybridized carbons (Fsp3) is 0.800. The number of rotatable bonds is 8. The summed E-state index contributed by atoms with van der Waals surface area (Å²) in [6.07, 6.45) is 0.685. The van der Waals surface area contributed by atoms with Gasteiger partial charge in [-0.15, -0.1) is 0 Å². The summed E-state index contributed by atoms with van der Waals surface area (Å²) in [5.74, 6) is -1.01. The highest BCUT2D eigenvalue weighted by atomic mass is 16.6. The predicted molar refractivity (Wildman–Crippen MR) is 82.3 cm³/mol. The van der Waals surface area contributed by atoms with E-state index in [1.807, 2.05) is 0 Å². The summed E-state index contributed by atoms with van der Waals surface area (Å²) in [6.45, 7) is 7.09. The number of alkyl carbamates (subject to hydrolysis) is 1. The maximum atomic E-state index is 11.8. The SMILES string of the molecule is COC(=O)[C@H](C[C@H](CCCN)C(C)=O)NC(=O)OC(C)(C)C. The van der Waals surface area contributed by atoms with E-state index in [9.17, 15) is 14.4 Å². The number of Topliss-reactive ketones (excluding diaryl/α,β-unsaturated/α-hetero) is 1. The zero-order valence-corrected chi connectivity index (χ0v) is 14.1. The van der Waals surface area contributed by atoms with Crippen LogP contribution in [0.25, 0.3) is 0 Å². The molecular weight excluding hydrogens is 288 g/mol. The molecule has 128 valence electrons. The first-order chi connectivity index (χ1) is 10.1. The molecule has 1 amide bonds. The van der Waals surface area contributed by atoms with Gasteiger partial charge in [-0.05, 0) is 53.5 Å². The van der Waals surface area contributed by atoms with Crippen molar-refractivity contribution in [3.8, 4) is 0 Å². The number of methoxy groups -OCH3 is 1. The normalized spacial score (nSPS) is 13.9. The van der Waals surface area contributed by atoms with Crippen molar-refractivity contribution in [2.75, 3.05) is 13.7 Å². The van der Waals surface area contributed by atoms with Crippen LogP contribution in [0.15, 0.2) is 0 Å². The molecule has 0 saturated heterocycles. The number of amides is 1. The molecule has 0 spiro atoms. The maximum Gasteiger partial charge on any atom is 0.408 e. The molecule has 0 radical (unpaired) electrons. The van der Waals surface area contributed by atoms with E-state index in [0.29, 0.717) is 19.4 Å². The van der Waals surface area contributed by atoms with Gasteiger partial charge in [-0.2, -0.15) is 0 Å². The van der Waals surface area contributed by atoms with E-state index in [4.69, 9.17) is 10.5 Å². The van der Waals surface area contributed by atoms with Crippen LogP contribution in [0.1, 0.15) is 47.0 Å². The summed E-state index contributed by atoms with van der Waals surface area (Å²) in [7, 11) is 1.23. The molecule has 22 heavy (non-hydrogen) atoms. The number of esters is 1. The fourth-order valence-electron chi connectivity index (χ4n) is 1.94. The monoisotopic (exact) mass is 316 g/mol. The Balaban J connectivity index is 4.85. The van der Waals surface area contributed by atoms with E-state index in [1.54, 1.807) is 20.8 Å². The lowest BCUT2D eigenvalue weighted by atomic mass is 9.91. The quantitative estimate of drug-likeness (QED) is 0.655. The van der Waals surface area contributed by atoms with E-state index < -0.39 is 23.7 Å². The lowest BCUT2D eigenvalue weighted by Gasteiger charge is -2.24.